The minimum atomic E-state index is 0.0698. The van der Waals surface area contributed by atoms with Gasteiger partial charge in [-0.2, -0.15) is 15.3 Å². The summed E-state index contributed by atoms with van der Waals surface area (Å²) in [5, 5.41) is 22.9. The lowest BCUT2D eigenvalue weighted by molar-refractivity contribution is 0.269. The molecule has 0 bridgehead atoms. The first-order valence-corrected chi connectivity index (χ1v) is 12.3. The second kappa shape index (κ2) is 9.16. The molecule has 0 radical (unpaired) electrons. The number of nitrogens with zero attached hydrogens (tertiary/aromatic N) is 8. The third-order valence-electron chi connectivity index (χ3n) is 6.72. The Kier molecular flexibility index (Phi) is 5.69. The number of hydrogen-bond donors (Lipinski definition) is 1. The number of aromatic nitrogens is 8. The molecule has 0 aliphatic heterocycles. The molecule has 0 saturated heterocycles. The van der Waals surface area contributed by atoms with Crippen LogP contribution >= 0.6 is 0 Å². The summed E-state index contributed by atoms with van der Waals surface area (Å²) in [5.74, 6) is 0.771. The summed E-state index contributed by atoms with van der Waals surface area (Å²) in [6.07, 6.45) is 10.1. The van der Waals surface area contributed by atoms with Crippen molar-refractivity contribution < 1.29 is 5.11 Å². The van der Waals surface area contributed by atoms with E-state index in [2.05, 4.69) is 46.4 Å². The molecule has 6 rings (SSSR count). The topological polar surface area (TPSA) is 99.5 Å². The molecule has 1 aromatic carbocycles. The van der Waals surface area contributed by atoms with Crippen LogP contribution in [0, 0.1) is 0 Å². The summed E-state index contributed by atoms with van der Waals surface area (Å²) in [4.78, 5) is 9.68. The molecule has 0 saturated carbocycles. The summed E-state index contributed by atoms with van der Waals surface area (Å²) in [6, 6.07) is 10.5. The van der Waals surface area contributed by atoms with Gasteiger partial charge >= 0.3 is 0 Å². The Balaban J connectivity index is 1.35. The highest BCUT2D eigenvalue weighted by molar-refractivity contribution is 5.84. The van der Waals surface area contributed by atoms with E-state index in [1.165, 1.54) is 0 Å². The SMILES string of the molecule is CCn1ccc(Cc2ncc3c(n2)-c2c(nn(C)c2-c2ccc(-c4cnn(CCO)c4)cc2)CC3)n1. The minimum Gasteiger partial charge on any atom is -0.394 e. The number of fused-ring (bicyclic) bond motifs is 3. The van der Waals surface area contributed by atoms with Crippen LogP contribution in [0.25, 0.3) is 33.6 Å². The first-order chi connectivity index (χ1) is 17.6. The van der Waals surface area contributed by atoms with Crippen LogP contribution in [0.4, 0.5) is 0 Å². The van der Waals surface area contributed by atoms with E-state index in [0.717, 1.165) is 75.8 Å². The molecule has 0 fully saturated rings. The van der Waals surface area contributed by atoms with Gasteiger partial charge in [0.15, 0.2) is 0 Å². The Labute approximate surface area is 209 Å². The smallest absolute Gasteiger partial charge is 0.134 e. The van der Waals surface area contributed by atoms with E-state index >= 15 is 0 Å². The van der Waals surface area contributed by atoms with E-state index in [1.807, 2.05) is 47.3 Å². The lowest BCUT2D eigenvalue weighted by atomic mass is 9.91. The maximum atomic E-state index is 9.15. The average Bonchev–Trinajstić information content (AvgIpc) is 3.63. The van der Waals surface area contributed by atoms with Crippen LogP contribution in [0.5, 0.6) is 0 Å². The summed E-state index contributed by atoms with van der Waals surface area (Å²) in [6.45, 7) is 3.48. The summed E-state index contributed by atoms with van der Waals surface area (Å²) in [5.41, 5.74) is 9.55. The third-order valence-corrected chi connectivity index (χ3v) is 6.72. The number of aryl methyl sites for hydroxylation is 4. The highest BCUT2D eigenvalue weighted by Gasteiger charge is 2.27. The minimum absolute atomic E-state index is 0.0698. The van der Waals surface area contributed by atoms with E-state index in [4.69, 9.17) is 15.2 Å². The third kappa shape index (κ3) is 4.01. The maximum absolute atomic E-state index is 9.15. The molecular formula is C27H28N8O. The molecule has 1 aliphatic carbocycles. The van der Waals surface area contributed by atoms with Crippen molar-refractivity contribution in [3.63, 3.8) is 0 Å². The Morgan fingerprint density at radius 3 is 2.56 bits per heavy atom. The zero-order valence-electron chi connectivity index (χ0n) is 20.5. The molecule has 0 spiro atoms. The van der Waals surface area contributed by atoms with Gasteiger partial charge in [-0.25, -0.2) is 9.97 Å². The quantitative estimate of drug-likeness (QED) is 0.384. The Morgan fingerprint density at radius 2 is 1.78 bits per heavy atom. The Hall–Kier alpha value is -4.11. The second-order valence-corrected chi connectivity index (χ2v) is 9.09. The van der Waals surface area contributed by atoms with Gasteiger partial charge in [-0.3, -0.25) is 14.0 Å². The van der Waals surface area contributed by atoms with Gasteiger partial charge in [-0.05, 0) is 37.0 Å². The van der Waals surface area contributed by atoms with Gasteiger partial charge < -0.3 is 5.11 Å². The highest BCUT2D eigenvalue weighted by atomic mass is 16.3. The molecule has 1 N–H and O–H groups in total. The molecule has 0 amide bonds. The normalized spacial score (nSPS) is 12.5. The van der Waals surface area contributed by atoms with Gasteiger partial charge in [-0.1, -0.05) is 24.3 Å². The molecule has 5 aromatic rings. The van der Waals surface area contributed by atoms with Gasteiger partial charge in [0.2, 0.25) is 0 Å². The van der Waals surface area contributed by atoms with Crippen LogP contribution in [0.1, 0.15) is 29.7 Å². The summed E-state index contributed by atoms with van der Waals surface area (Å²) < 4.78 is 5.65. The maximum Gasteiger partial charge on any atom is 0.134 e. The van der Waals surface area contributed by atoms with Crippen molar-refractivity contribution in [2.24, 2.45) is 7.05 Å². The summed E-state index contributed by atoms with van der Waals surface area (Å²) >= 11 is 0. The molecule has 1 aliphatic rings. The van der Waals surface area contributed by atoms with Crippen LogP contribution < -0.4 is 0 Å². The summed E-state index contributed by atoms with van der Waals surface area (Å²) in [7, 11) is 2.00. The van der Waals surface area contributed by atoms with Crippen LogP contribution in [-0.4, -0.2) is 51.0 Å². The van der Waals surface area contributed by atoms with Crippen molar-refractivity contribution >= 4 is 0 Å². The molecule has 9 nitrogen and oxygen atoms in total. The largest absolute Gasteiger partial charge is 0.394 e. The van der Waals surface area contributed by atoms with E-state index in [1.54, 1.807) is 4.68 Å². The van der Waals surface area contributed by atoms with Crippen LogP contribution in [0.15, 0.2) is 55.1 Å². The Bertz CT molecular complexity index is 1530. The van der Waals surface area contributed by atoms with Crippen molar-refractivity contribution in [2.75, 3.05) is 6.61 Å². The first kappa shape index (κ1) is 22.4. The fraction of sp³-hybridized carbons (Fsp3) is 0.296. The Morgan fingerprint density at radius 1 is 0.944 bits per heavy atom. The molecular weight excluding hydrogens is 452 g/mol. The van der Waals surface area contributed by atoms with Crippen molar-refractivity contribution in [1.29, 1.82) is 0 Å². The fourth-order valence-corrected chi connectivity index (χ4v) is 4.91. The van der Waals surface area contributed by atoms with Crippen molar-refractivity contribution in [2.45, 2.75) is 39.3 Å². The predicted molar refractivity (Wildman–Crippen MR) is 136 cm³/mol. The first-order valence-electron chi connectivity index (χ1n) is 12.3. The molecule has 0 unspecified atom stereocenters. The van der Waals surface area contributed by atoms with Crippen LogP contribution in [-0.2, 0) is 39.4 Å². The van der Waals surface area contributed by atoms with Crippen LogP contribution in [0.2, 0.25) is 0 Å². The van der Waals surface area contributed by atoms with Gasteiger partial charge in [0, 0.05) is 48.9 Å². The van der Waals surface area contributed by atoms with E-state index in [-0.39, 0.29) is 6.61 Å². The molecule has 4 heterocycles. The van der Waals surface area contributed by atoms with Crippen molar-refractivity contribution in [3.05, 3.63) is 77.9 Å². The molecule has 4 aromatic heterocycles. The van der Waals surface area contributed by atoms with E-state index in [9.17, 15) is 0 Å². The molecule has 36 heavy (non-hydrogen) atoms. The van der Waals surface area contributed by atoms with Crippen molar-refractivity contribution in [1.82, 2.24) is 39.3 Å². The number of aliphatic hydroxyl groups is 1. The number of benzene rings is 1. The van der Waals surface area contributed by atoms with Gasteiger partial charge in [0.05, 0.1) is 48.5 Å². The standard InChI is InChI=1S/C27H28N8O/c1-3-34-11-10-22(31-34)14-24-28-15-20-8-9-23-25(26(20)30-24)27(33(2)32-23)19-6-4-18(5-7-19)21-16-29-35(17-21)12-13-36/h4-7,10-11,15-17,36H,3,8-9,12-14H2,1-2H3. The number of aliphatic hydroxyl groups excluding tert-OH is 1. The van der Waals surface area contributed by atoms with Crippen molar-refractivity contribution in [3.8, 4) is 33.6 Å². The van der Waals surface area contributed by atoms with Gasteiger partial charge in [0.1, 0.15) is 5.82 Å². The number of hydrogen-bond acceptors (Lipinski definition) is 6. The zero-order valence-corrected chi connectivity index (χ0v) is 20.5. The fourth-order valence-electron chi connectivity index (χ4n) is 4.91. The predicted octanol–water partition coefficient (Wildman–Crippen LogP) is 3.31. The van der Waals surface area contributed by atoms with E-state index in [0.29, 0.717) is 13.0 Å². The second-order valence-electron chi connectivity index (χ2n) is 9.09. The lowest BCUT2D eigenvalue weighted by Gasteiger charge is -2.16. The highest BCUT2D eigenvalue weighted by Crippen LogP contribution is 2.39. The lowest BCUT2D eigenvalue weighted by Crippen LogP contribution is -2.09. The molecule has 0 atom stereocenters. The van der Waals surface area contributed by atoms with E-state index < -0.39 is 0 Å². The zero-order chi connectivity index (χ0) is 24.6. The molecule has 9 heteroatoms. The van der Waals surface area contributed by atoms with Gasteiger partial charge in [0.25, 0.3) is 0 Å². The van der Waals surface area contributed by atoms with Crippen LogP contribution in [0.3, 0.4) is 0 Å². The average molecular weight is 481 g/mol. The van der Waals surface area contributed by atoms with Gasteiger partial charge in [-0.15, -0.1) is 0 Å². The number of rotatable bonds is 7. The molecule has 182 valence electrons. The monoisotopic (exact) mass is 480 g/mol.